The molecule has 0 amide bonds. The van der Waals surface area contributed by atoms with Crippen LogP contribution in [0.25, 0.3) is 0 Å². The van der Waals surface area contributed by atoms with Crippen LogP contribution in [0.5, 0.6) is 0 Å². The number of nitrogens with zero attached hydrogens (tertiary/aromatic N) is 3. The van der Waals surface area contributed by atoms with Gasteiger partial charge in [0, 0.05) is 20.1 Å². The summed E-state index contributed by atoms with van der Waals surface area (Å²) in [6.07, 6.45) is 2.40. The molecule has 5 heteroatoms. The van der Waals surface area contributed by atoms with Crippen LogP contribution >= 0.6 is 15.9 Å². The van der Waals surface area contributed by atoms with Gasteiger partial charge in [-0.2, -0.15) is 10.4 Å². The number of rotatable bonds is 3. The van der Waals surface area contributed by atoms with Crippen LogP contribution < -0.4 is 0 Å². The van der Waals surface area contributed by atoms with Gasteiger partial charge in [-0.15, -0.1) is 0 Å². The fourth-order valence-corrected chi connectivity index (χ4v) is 2.96. The summed E-state index contributed by atoms with van der Waals surface area (Å²) in [7, 11) is 1.93. The predicted octanol–water partition coefficient (Wildman–Crippen LogP) is 2.22. The Balaban J connectivity index is 2.30. The maximum Gasteiger partial charge on any atom is 0.0884 e. The molecule has 4 nitrogen and oxygen atoms in total. The summed E-state index contributed by atoms with van der Waals surface area (Å²) in [5.74, 6) is 0. The summed E-state index contributed by atoms with van der Waals surface area (Å²) < 4.78 is 8.29. The Morgan fingerprint density at radius 1 is 1.65 bits per heavy atom. The molecule has 0 spiro atoms. The normalized spacial score (nSPS) is 23.9. The average molecular weight is 298 g/mol. The summed E-state index contributed by atoms with van der Waals surface area (Å²) in [5, 5.41) is 13.8. The third kappa shape index (κ3) is 2.24. The number of aromatic nitrogens is 2. The molecular weight excluding hydrogens is 282 g/mol. The van der Waals surface area contributed by atoms with Crippen LogP contribution in [0.2, 0.25) is 0 Å². The molecule has 0 aromatic carbocycles. The van der Waals surface area contributed by atoms with E-state index < -0.39 is 0 Å². The fourth-order valence-electron chi connectivity index (χ4n) is 2.21. The molecule has 2 rings (SSSR count). The number of aryl methyl sites for hydroxylation is 2. The molecule has 1 fully saturated rings. The van der Waals surface area contributed by atoms with Crippen LogP contribution in [0.3, 0.4) is 0 Å². The van der Waals surface area contributed by atoms with Gasteiger partial charge in [-0.05, 0) is 28.8 Å². The van der Waals surface area contributed by atoms with Crippen LogP contribution in [0.1, 0.15) is 24.7 Å². The second-order valence-electron chi connectivity index (χ2n) is 4.56. The fraction of sp³-hybridized carbons (Fsp3) is 0.667. The molecule has 1 aromatic rings. The molecule has 0 saturated carbocycles. The van der Waals surface area contributed by atoms with Gasteiger partial charge in [0.15, 0.2) is 0 Å². The molecule has 0 N–H and O–H groups in total. The first-order chi connectivity index (χ1) is 8.12. The van der Waals surface area contributed by atoms with Crippen molar-refractivity contribution in [3.8, 4) is 6.07 Å². The largest absolute Gasteiger partial charge is 0.380 e. The van der Waals surface area contributed by atoms with E-state index in [2.05, 4.69) is 34.0 Å². The Hall–Kier alpha value is -0.860. The molecule has 1 atom stereocenters. The molecule has 92 valence electrons. The maximum absolute atomic E-state index is 9.35. The summed E-state index contributed by atoms with van der Waals surface area (Å²) in [6.45, 7) is 3.29. The van der Waals surface area contributed by atoms with Gasteiger partial charge in [0.2, 0.25) is 0 Å². The van der Waals surface area contributed by atoms with Crippen LogP contribution in [-0.2, 0) is 24.6 Å². The number of hydrogen-bond donors (Lipinski definition) is 0. The smallest absolute Gasteiger partial charge is 0.0884 e. The molecule has 2 heterocycles. The number of hydrogen-bond acceptors (Lipinski definition) is 3. The van der Waals surface area contributed by atoms with E-state index in [-0.39, 0.29) is 5.41 Å². The second-order valence-corrected chi connectivity index (χ2v) is 5.35. The zero-order valence-corrected chi connectivity index (χ0v) is 11.7. The highest BCUT2D eigenvalue weighted by molar-refractivity contribution is 9.10. The summed E-state index contributed by atoms with van der Waals surface area (Å²) in [5.41, 5.74) is 1.77. The summed E-state index contributed by atoms with van der Waals surface area (Å²) in [6, 6.07) is 2.42. The predicted molar refractivity (Wildman–Crippen MR) is 67.5 cm³/mol. The van der Waals surface area contributed by atoms with Gasteiger partial charge in [-0.3, -0.25) is 4.68 Å². The lowest BCUT2D eigenvalue weighted by molar-refractivity contribution is 0.171. The van der Waals surface area contributed by atoms with Crippen molar-refractivity contribution in [2.75, 3.05) is 13.2 Å². The van der Waals surface area contributed by atoms with Crippen molar-refractivity contribution in [2.45, 2.75) is 26.2 Å². The Labute approximate surface area is 110 Å². The quantitative estimate of drug-likeness (QED) is 0.859. The van der Waals surface area contributed by atoms with Crippen molar-refractivity contribution in [2.24, 2.45) is 12.5 Å². The Morgan fingerprint density at radius 2 is 2.41 bits per heavy atom. The zero-order chi connectivity index (χ0) is 12.5. The molecule has 0 radical (unpaired) electrons. The standard InChI is InChI=1S/C12H16BrN3O/c1-3-9-11(13)10(16(2)15-9)6-12(7-14)4-5-17-8-12/h3-6,8H2,1-2H3. The van der Waals surface area contributed by atoms with Crippen molar-refractivity contribution in [1.29, 1.82) is 5.26 Å². The highest BCUT2D eigenvalue weighted by atomic mass is 79.9. The van der Waals surface area contributed by atoms with Crippen LogP contribution in [0, 0.1) is 16.7 Å². The van der Waals surface area contributed by atoms with Gasteiger partial charge in [0.05, 0.1) is 34.0 Å². The van der Waals surface area contributed by atoms with Crippen molar-refractivity contribution < 1.29 is 4.74 Å². The van der Waals surface area contributed by atoms with E-state index in [4.69, 9.17) is 4.74 Å². The lowest BCUT2D eigenvalue weighted by atomic mass is 9.84. The summed E-state index contributed by atoms with van der Waals surface area (Å²) >= 11 is 3.59. The molecular formula is C12H16BrN3O. The molecule has 1 unspecified atom stereocenters. The highest BCUT2D eigenvalue weighted by Gasteiger charge is 2.37. The molecule has 1 saturated heterocycles. The molecule has 1 aromatic heterocycles. The minimum absolute atomic E-state index is 0.374. The topological polar surface area (TPSA) is 50.8 Å². The van der Waals surface area contributed by atoms with E-state index in [1.165, 1.54) is 0 Å². The first-order valence-corrected chi connectivity index (χ1v) is 6.60. The van der Waals surface area contributed by atoms with Gasteiger partial charge in [-0.25, -0.2) is 0 Å². The molecule has 0 aliphatic carbocycles. The maximum atomic E-state index is 9.35. The second kappa shape index (κ2) is 4.79. The van der Waals surface area contributed by atoms with Crippen LogP contribution in [0.15, 0.2) is 4.47 Å². The Morgan fingerprint density at radius 3 is 2.88 bits per heavy atom. The SMILES string of the molecule is CCc1nn(C)c(CC2(C#N)CCOC2)c1Br. The van der Waals surface area contributed by atoms with Gasteiger partial charge < -0.3 is 4.74 Å². The molecule has 17 heavy (non-hydrogen) atoms. The van der Waals surface area contributed by atoms with E-state index in [1.54, 1.807) is 0 Å². The Kier molecular flexibility index (Phi) is 3.55. The van der Waals surface area contributed by atoms with E-state index in [9.17, 15) is 5.26 Å². The van der Waals surface area contributed by atoms with Crippen LogP contribution in [-0.4, -0.2) is 23.0 Å². The van der Waals surface area contributed by atoms with E-state index in [1.807, 2.05) is 11.7 Å². The van der Waals surface area contributed by atoms with E-state index in [0.717, 1.165) is 28.7 Å². The number of nitriles is 1. The van der Waals surface area contributed by atoms with Gasteiger partial charge in [0.25, 0.3) is 0 Å². The van der Waals surface area contributed by atoms with Gasteiger partial charge in [-0.1, -0.05) is 6.92 Å². The monoisotopic (exact) mass is 297 g/mol. The lowest BCUT2D eigenvalue weighted by Crippen LogP contribution is -2.23. The average Bonchev–Trinajstić information content (AvgIpc) is 2.90. The van der Waals surface area contributed by atoms with Crippen molar-refractivity contribution in [1.82, 2.24) is 9.78 Å². The van der Waals surface area contributed by atoms with Crippen molar-refractivity contribution >= 4 is 15.9 Å². The lowest BCUT2D eigenvalue weighted by Gasteiger charge is -2.18. The van der Waals surface area contributed by atoms with Gasteiger partial charge >= 0.3 is 0 Å². The molecule has 1 aliphatic heterocycles. The van der Waals surface area contributed by atoms with E-state index in [0.29, 0.717) is 19.6 Å². The third-order valence-corrected chi connectivity index (χ3v) is 4.26. The Bertz CT molecular complexity index is 455. The third-order valence-electron chi connectivity index (χ3n) is 3.35. The van der Waals surface area contributed by atoms with E-state index >= 15 is 0 Å². The minimum atomic E-state index is -0.374. The van der Waals surface area contributed by atoms with Gasteiger partial charge in [0.1, 0.15) is 0 Å². The van der Waals surface area contributed by atoms with Crippen LogP contribution in [0.4, 0.5) is 0 Å². The number of halogens is 1. The highest BCUT2D eigenvalue weighted by Crippen LogP contribution is 2.34. The zero-order valence-electron chi connectivity index (χ0n) is 10.2. The summed E-state index contributed by atoms with van der Waals surface area (Å²) in [4.78, 5) is 0. The molecule has 0 bridgehead atoms. The molecule has 1 aliphatic rings. The first-order valence-electron chi connectivity index (χ1n) is 5.81. The van der Waals surface area contributed by atoms with Crippen molar-refractivity contribution in [3.05, 3.63) is 15.9 Å². The minimum Gasteiger partial charge on any atom is -0.380 e. The first kappa shape index (κ1) is 12.6. The number of ether oxygens (including phenoxy) is 1. The van der Waals surface area contributed by atoms with Crippen molar-refractivity contribution in [3.63, 3.8) is 0 Å².